The van der Waals surface area contributed by atoms with Gasteiger partial charge >= 0.3 is 0 Å². The molecule has 2 rings (SSSR count). The van der Waals surface area contributed by atoms with Crippen molar-refractivity contribution in [2.24, 2.45) is 0 Å². The third-order valence-corrected chi connectivity index (χ3v) is 3.37. The number of carbonyl (C=O) groups is 1. The lowest BCUT2D eigenvalue weighted by molar-refractivity contribution is -0.116. The number of benzene rings is 2. The number of aliphatic hydroxyl groups excluding tert-OH is 1. The number of hydrogen-bond acceptors (Lipinski definition) is 3. The van der Waals surface area contributed by atoms with E-state index in [-0.39, 0.29) is 30.8 Å². The molecular formula is C18H21FN2O2. The molecule has 0 radical (unpaired) electrons. The molecule has 0 fully saturated rings. The number of carbonyl (C=O) groups excluding carboxylic acids is 1. The van der Waals surface area contributed by atoms with Crippen LogP contribution in [-0.4, -0.2) is 23.7 Å². The van der Waals surface area contributed by atoms with E-state index < -0.39 is 0 Å². The second-order valence-corrected chi connectivity index (χ2v) is 5.48. The van der Waals surface area contributed by atoms with Gasteiger partial charge < -0.3 is 15.7 Å². The van der Waals surface area contributed by atoms with Gasteiger partial charge in [0.05, 0.1) is 0 Å². The van der Waals surface area contributed by atoms with Crippen LogP contribution in [0, 0.1) is 5.82 Å². The van der Waals surface area contributed by atoms with Gasteiger partial charge in [-0.2, -0.15) is 0 Å². The molecule has 1 unspecified atom stereocenters. The highest BCUT2D eigenvalue weighted by atomic mass is 19.1. The lowest BCUT2D eigenvalue weighted by Crippen LogP contribution is -2.23. The quantitative estimate of drug-likeness (QED) is 0.735. The van der Waals surface area contributed by atoms with Crippen LogP contribution >= 0.6 is 0 Å². The van der Waals surface area contributed by atoms with E-state index in [1.807, 2.05) is 31.2 Å². The van der Waals surface area contributed by atoms with Crippen molar-refractivity contribution in [3.05, 3.63) is 59.9 Å². The second kappa shape index (κ2) is 8.29. The van der Waals surface area contributed by atoms with Gasteiger partial charge in [0.2, 0.25) is 5.91 Å². The molecule has 23 heavy (non-hydrogen) atoms. The molecule has 0 bridgehead atoms. The van der Waals surface area contributed by atoms with Crippen LogP contribution in [0.3, 0.4) is 0 Å². The van der Waals surface area contributed by atoms with Crippen LogP contribution < -0.4 is 10.6 Å². The first-order valence-electron chi connectivity index (χ1n) is 7.58. The van der Waals surface area contributed by atoms with Gasteiger partial charge in [-0.3, -0.25) is 4.79 Å². The summed E-state index contributed by atoms with van der Waals surface area (Å²) >= 11 is 0. The number of halogens is 1. The summed E-state index contributed by atoms with van der Waals surface area (Å²) in [6.45, 7) is 2.04. The molecule has 4 nitrogen and oxygen atoms in total. The first-order chi connectivity index (χ1) is 11.1. The van der Waals surface area contributed by atoms with Crippen molar-refractivity contribution in [3.8, 4) is 0 Å². The van der Waals surface area contributed by atoms with Gasteiger partial charge in [0.25, 0.3) is 0 Å². The Kier molecular flexibility index (Phi) is 6.11. The predicted molar refractivity (Wildman–Crippen MR) is 90.0 cm³/mol. The van der Waals surface area contributed by atoms with Crippen molar-refractivity contribution >= 4 is 17.3 Å². The molecule has 0 aliphatic carbocycles. The van der Waals surface area contributed by atoms with Gasteiger partial charge in [-0.1, -0.05) is 18.2 Å². The van der Waals surface area contributed by atoms with Gasteiger partial charge in [-0.25, -0.2) is 4.39 Å². The van der Waals surface area contributed by atoms with Crippen LogP contribution in [0.15, 0.2) is 48.5 Å². The topological polar surface area (TPSA) is 61.4 Å². The smallest absolute Gasteiger partial charge is 0.226 e. The number of anilines is 2. The molecule has 0 aliphatic heterocycles. The fraction of sp³-hybridized carbons (Fsp3) is 0.278. The normalized spacial score (nSPS) is 11.8. The Morgan fingerprint density at radius 1 is 1.17 bits per heavy atom. The minimum atomic E-state index is -0.378. The molecule has 2 aromatic carbocycles. The van der Waals surface area contributed by atoms with Gasteiger partial charge in [0.15, 0.2) is 0 Å². The lowest BCUT2D eigenvalue weighted by Gasteiger charge is -2.15. The van der Waals surface area contributed by atoms with Crippen LogP contribution in [0.5, 0.6) is 0 Å². The Balaban J connectivity index is 1.83. The van der Waals surface area contributed by atoms with E-state index in [9.17, 15) is 9.18 Å². The number of amides is 1. The van der Waals surface area contributed by atoms with E-state index >= 15 is 0 Å². The zero-order valence-corrected chi connectivity index (χ0v) is 13.1. The molecule has 122 valence electrons. The molecule has 0 saturated carbocycles. The number of rotatable bonds is 7. The second-order valence-electron chi connectivity index (χ2n) is 5.48. The molecule has 0 aliphatic rings. The summed E-state index contributed by atoms with van der Waals surface area (Å²) in [4.78, 5) is 12.0. The van der Waals surface area contributed by atoms with Crippen molar-refractivity contribution in [2.45, 2.75) is 25.8 Å². The highest BCUT2D eigenvalue weighted by Crippen LogP contribution is 2.13. The molecular weight excluding hydrogens is 295 g/mol. The van der Waals surface area contributed by atoms with Crippen molar-refractivity contribution in [1.29, 1.82) is 0 Å². The molecule has 0 saturated heterocycles. The first-order valence-corrected chi connectivity index (χ1v) is 7.58. The Hall–Kier alpha value is -2.40. The number of nitrogens with one attached hydrogen (secondary N) is 2. The molecule has 3 N–H and O–H groups in total. The van der Waals surface area contributed by atoms with E-state index in [0.29, 0.717) is 12.1 Å². The summed E-state index contributed by atoms with van der Waals surface area (Å²) in [5.41, 5.74) is 2.43. The Labute approximate surface area is 135 Å². The Bertz CT molecular complexity index is 644. The van der Waals surface area contributed by atoms with E-state index in [2.05, 4.69) is 10.6 Å². The summed E-state index contributed by atoms with van der Waals surface area (Å²) in [5, 5.41) is 14.8. The van der Waals surface area contributed by atoms with Crippen molar-refractivity contribution in [1.82, 2.24) is 0 Å². The average molecular weight is 316 g/mol. The third-order valence-electron chi connectivity index (χ3n) is 3.37. The highest BCUT2D eigenvalue weighted by molar-refractivity contribution is 5.91. The Morgan fingerprint density at radius 2 is 1.91 bits per heavy atom. The largest absolute Gasteiger partial charge is 0.396 e. The zero-order valence-electron chi connectivity index (χ0n) is 13.1. The molecule has 2 aromatic rings. The monoisotopic (exact) mass is 316 g/mol. The van der Waals surface area contributed by atoms with E-state index in [0.717, 1.165) is 11.3 Å². The Morgan fingerprint density at radius 3 is 2.57 bits per heavy atom. The van der Waals surface area contributed by atoms with E-state index in [4.69, 9.17) is 5.11 Å². The third kappa shape index (κ3) is 5.71. The molecule has 0 aromatic heterocycles. The number of hydrogen-bond donors (Lipinski definition) is 3. The maximum atomic E-state index is 13.1. The van der Waals surface area contributed by atoms with Crippen molar-refractivity contribution < 1.29 is 14.3 Å². The summed E-state index contributed by atoms with van der Waals surface area (Å²) in [5.74, 6) is -0.551. The lowest BCUT2D eigenvalue weighted by atomic mass is 10.1. The SMILES string of the molecule is CC(CC(=O)Nc1cccc(F)c1)Nc1ccc(CCO)cc1. The maximum absolute atomic E-state index is 13.1. The fourth-order valence-corrected chi connectivity index (χ4v) is 2.29. The molecule has 0 spiro atoms. The first kappa shape index (κ1) is 17.0. The summed E-state index contributed by atoms with van der Waals surface area (Å²) < 4.78 is 13.1. The zero-order chi connectivity index (χ0) is 16.7. The molecule has 0 heterocycles. The van der Waals surface area contributed by atoms with Crippen molar-refractivity contribution in [3.63, 3.8) is 0 Å². The van der Waals surface area contributed by atoms with Crippen LogP contribution in [0.4, 0.5) is 15.8 Å². The van der Waals surface area contributed by atoms with E-state index in [1.165, 1.54) is 12.1 Å². The summed E-state index contributed by atoms with van der Waals surface area (Å²) in [7, 11) is 0. The summed E-state index contributed by atoms with van der Waals surface area (Å²) in [6, 6.07) is 13.5. The standard InChI is InChI=1S/C18H21FN2O2/c1-13(20-16-7-5-14(6-8-16)9-10-22)11-18(23)21-17-4-2-3-15(19)12-17/h2-8,12-13,20,22H,9-11H2,1H3,(H,21,23). The van der Waals surface area contributed by atoms with Crippen LogP contribution in [0.2, 0.25) is 0 Å². The van der Waals surface area contributed by atoms with Gasteiger partial charge in [-0.15, -0.1) is 0 Å². The fourth-order valence-electron chi connectivity index (χ4n) is 2.29. The molecule has 5 heteroatoms. The summed E-state index contributed by atoms with van der Waals surface area (Å²) in [6.07, 6.45) is 0.904. The number of aliphatic hydroxyl groups is 1. The molecule has 1 atom stereocenters. The highest BCUT2D eigenvalue weighted by Gasteiger charge is 2.09. The van der Waals surface area contributed by atoms with Gasteiger partial charge in [-0.05, 0) is 49.2 Å². The molecule has 1 amide bonds. The van der Waals surface area contributed by atoms with Gasteiger partial charge in [0, 0.05) is 30.4 Å². The van der Waals surface area contributed by atoms with Crippen molar-refractivity contribution in [2.75, 3.05) is 17.2 Å². The minimum Gasteiger partial charge on any atom is -0.396 e. The van der Waals surface area contributed by atoms with E-state index in [1.54, 1.807) is 12.1 Å². The maximum Gasteiger partial charge on any atom is 0.226 e. The minimum absolute atomic E-state index is 0.0627. The average Bonchev–Trinajstić information content (AvgIpc) is 2.49. The van der Waals surface area contributed by atoms with Gasteiger partial charge in [0.1, 0.15) is 5.82 Å². The van der Waals surface area contributed by atoms with Crippen LogP contribution in [-0.2, 0) is 11.2 Å². The van der Waals surface area contributed by atoms with Crippen LogP contribution in [0.1, 0.15) is 18.9 Å². The predicted octanol–water partition coefficient (Wildman–Crippen LogP) is 3.19. The van der Waals surface area contributed by atoms with Crippen LogP contribution in [0.25, 0.3) is 0 Å².